The second-order valence-electron chi connectivity index (χ2n) is 8.22. The summed E-state index contributed by atoms with van der Waals surface area (Å²) in [6.45, 7) is 1.47. The third kappa shape index (κ3) is 4.68. The summed E-state index contributed by atoms with van der Waals surface area (Å²) in [7, 11) is 3.10. The van der Waals surface area contributed by atoms with Gasteiger partial charge in [0.2, 0.25) is 11.7 Å². The van der Waals surface area contributed by atoms with Gasteiger partial charge < -0.3 is 24.2 Å². The van der Waals surface area contributed by atoms with Gasteiger partial charge in [-0.3, -0.25) is 9.59 Å². The van der Waals surface area contributed by atoms with E-state index in [1.54, 1.807) is 31.4 Å². The van der Waals surface area contributed by atoms with Gasteiger partial charge in [-0.25, -0.2) is 0 Å². The van der Waals surface area contributed by atoms with E-state index in [2.05, 4.69) is 10.5 Å². The Morgan fingerprint density at radius 2 is 1.81 bits per heavy atom. The lowest BCUT2D eigenvalue weighted by molar-refractivity contribution is -0.136. The highest BCUT2D eigenvalue weighted by molar-refractivity contribution is 6.03. The molecule has 2 fully saturated rings. The van der Waals surface area contributed by atoms with Crippen LogP contribution in [0.5, 0.6) is 11.5 Å². The Labute approximate surface area is 181 Å². The van der Waals surface area contributed by atoms with Gasteiger partial charge in [0.05, 0.1) is 25.6 Å². The van der Waals surface area contributed by atoms with Crippen molar-refractivity contribution in [3.05, 3.63) is 35.7 Å². The molecular weight excluding hydrogens is 398 g/mol. The van der Waals surface area contributed by atoms with Gasteiger partial charge in [-0.1, -0.05) is 18.0 Å². The van der Waals surface area contributed by atoms with Crippen molar-refractivity contribution >= 4 is 17.5 Å². The number of anilines is 1. The first-order chi connectivity index (χ1) is 15.1. The summed E-state index contributed by atoms with van der Waals surface area (Å²) in [5.41, 5.74) is 1.28. The van der Waals surface area contributed by atoms with Crippen LogP contribution in [0, 0.1) is 5.92 Å². The molecule has 31 heavy (non-hydrogen) atoms. The van der Waals surface area contributed by atoms with Crippen LogP contribution in [0.2, 0.25) is 0 Å². The Balaban J connectivity index is 1.35. The third-order valence-corrected chi connectivity index (χ3v) is 6.34. The highest BCUT2D eigenvalue weighted by atomic mass is 16.5. The first kappa shape index (κ1) is 21.2. The zero-order valence-corrected chi connectivity index (χ0v) is 18.1. The molecule has 2 aromatic rings. The summed E-state index contributed by atoms with van der Waals surface area (Å²) in [5.74, 6) is 1.60. The molecule has 1 aromatic heterocycles. The second-order valence-corrected chi connectivity index (χ2v) is 8.22. The quantitative estimate of drug-likeness (QED) is 0.753. The Morgan fingerprint density at radius 1 is 1.06 bits per heavy atom. The molecule has 0 unspecified atom stereocenters. The summed E-state index contributed by atoms with van der Waals surface area (Å²) in [5, 5.41) is 6.92. The summed E-state index contributed by atoms with van der Waals surface area (Å²) in [6, 6.07) is 6.85. The lowest BCUT2D eigenvalue weighted by Crippen LogP contribution is -2.40. The van der Waals surface area contributed by atoms with Crippen LogP contribution in [0.1, 0.15) is 60.7 Å². The van der Waals surface area contributed by atoms with Crippen molar-refractivity contribution in [1.29, 1.82) is 0 Å². The van der Waals surface area contributed by atoms with Crippen LogP contribution >= 0.6 is 0 Å². The van der Waals surface area contributed by atoms with E-state index in [0.29, 0.717) is 23.1 Å². The van der Waals surface area contributed by atoms with Crippen molar-refractivity contribution in [3.8, 4) is 11.5 Å². The van der Waals surface area contributed by atoms with E-state index in [-0.39, 0.29) is 17.6 Å². The zero-order chi connectivity index (χ0) is 21.8. The van der Waals surface area contributed by atoms with E-state index >= 15 is 0 Å². The minimum absolute atomic E-state index is 0.150. The molecule has 4 rings (SSSR count). The van der Waals surface area contributed by atoms with E-state index in [9.17, 15) is 9.59 Å². The molecule has 1 saturated heterocycles. The van der Waals surface area contributed by atoms with E-state index in [0.717, 1.165) is 44.5 Å². The number of aromatic nitrogens is 1. The van der Waals surface area contributed by atoms with Crippen molar-refractivity contribution in [2.75, 3.05) is 32.6 Å². The Kier molecular flexibility index (Phi) is 6.44. The fourth-order valence-electron chi connectivity index (χ4n) is 4.50. The molecule has 166 valence electrons. The number of likely N-dealkylation sites (tertiary alicyclic amines) is 1. The second kappa shape index (κ2) is 9.41. The topological polar surface area (TPSA) is 93.9 Å². The molecule has 1 saturated carbocycles. The van der Waals surface area contributed by atoms with Crippen LogP contribution in [0.15, 0.2) is 28.8 Å². The van der Waals surface area contributed by atoms with Crippen LogP contribution in [0.3, 0.4) is 0 Å². The molecule has 2 aliphatic rings. The number of hydrogen-bond acceptors (Lipinski definition) is 6. The summed E-state index contributed by atoms with van der Waals surface area (Å²) in [4.78, 5) is 27.3. The largest absolute Gasteiger partial charge is 0.497 e. The van der Waals surface area contributed by atoms with E-state index in [4.69, 9.17) is 14.0 Å². The lowest BCUT2D eigenvalue weighted by Gasteiger charge is -2.32. The smallest absolute Gasteiger partial charge is 0.294 e. The summed E-state index contributed by atoms with van der Waals surface area (Å²) < 4.78 is 15.8. The molecule has 1 aromatic carbocycles. The van der Waals surface area contributed by atoms with Gasteiger partial charge in [0.15, 0.2) is 0 Å². The fraction of sp³-hybridized carbons (Fsp3) is 0.522. The average molecular weight is 428 g/mol. The molecule has 0 atom stereocenters. The SMILES string of the molecule is COc1ccc(NC(=O)c2cc(C3CCN(C(=O)C4CCCC4)CC3)no2)c(OC)c1. The fourth-order valence-corrected chi connectivity index (χ4v) is 4.50. The number of amides is 2. The Bertz CT molecular complexity index is 927. The van der Waals surface area contributed by atoms with Crippen LogP contribution in [0.4, 0.5) is 5.69 Å². The van der Waals surface area contributed by atoms with Crippen LogP contribution < -0.4 is 14.8 Å². The standard InChI is InChI=1S/C23H29N3O5/c1-29-17-7-8-18(20(13-17)30-2)24-22(27)21-14-19(25-31-21)15-9-11-26(12-10-15)23(28)16-5-3-4-6-16/h7-8,13-16H,3-6,9-12H2,1-2H3,(H,24,27). The van der Waals surface area contributed by atoms with Crippen molar-refractivity contribution in [2.24, 2.45) is 5.92 Å². The minimum atomic E-state index is -0.393. The summed E-state index contributed by atoms with van der Waals surface area (Å²) >= 11 is 0. The number of hydrogen-bond donors (Lipinski definition) is 1. The van der Waals surface area contributed by atoms with Gasteiger partial charge in [0.1, 0.15) is 11.5 Å². The molecule has 2 heterocycles. The Morgan fingerprint density at radius 3 is 2.48 bits per heavy atom. The predicted molar refractivity (Wildman–Crippen MR) is 115 cm³/mol. The molecular formula is C23H29N3O5. The monoisotopic (exact) mass is 427 g/mol. The van der Waals surface area contributed by atoms with E-state index in [1.807, 2.05) is 4.90 Å². The maximum Gasteiger partial charge on any atom is 0.294 e. The van der Waals surface area contributed by atoms with Gasteiger partial charge in [-0.05, 0) is 37.8 Å². The van der Waals surface area contributed by atoms with Crippen molar-refractivity contribution in [3.63, 3.8) is 0 Å². The van der Waals surface area contributed by atoms with Crippen molar-refractivity contribution < 1.29 is 23.6 Å². The zero-order valence-electron chi connectivity index (χ0n) is 18.1. The van der Waals surface area contributed by atoms with Gasteiger partial charge in [0.25, 0.3) is 5.91 Å². The normalized spacial score (nSPS) is 17.5. The van der Waals surface area contributed by atoms with E-state index in [1.165, 1.54) is 20.0 Å². The Hall–Kier alpha value is -3.03. The highest BCUT2D eigenvalue weighted by Crippen LogP contribution is 2.32. The van der Waals surface area contributed by atoms with Gasteiger partial charge >= 0.3 is 0 Å². The molecule has 8 nitrogen and oxygen atoms in total. The number of benzene rings is 1. The van der Waals surface area contributed by atoms with Crippen molar-refractivity contribution in [1.82, 2.24) is 10.1 Å². The van der Waals surface area contributed by atoms with Crippen LogP contribution in [0.25, 0.3) is 0 Å². The molecule has 0 bridgehead atoms. The number of nitrogens with one attached hydrogen (secondary N) is 1. The average Bonchev–Trinajstić information content (AvgIpc) is 3.51. The number of nitrogens with zero attached hydrogens (tertiary/aromatic N) is 2. The summed E-state index contributed by atoms with van der Waals surface area (Å²) in [6.07, 6.45) is 6.05. The minimum Gasteiger partial charge on any atom is -0.497 e. The molecule has 1 N–H and O–H groups in total. The van der Waals surface area contributed by atoms with Crippen LogP contribution in [-0.2, 0) is 4.79 Å². The number of piperidine rings is 1. The molecule has 8 heteroatoms. The van der Waals surface area contributed by atoms with E-state index < -0.39 is 5.91 Å². The molecule has 1 aliphatic carbocycles. The maximum absolute atomic E-state index is 12.6. The van der Waals surface area contributed by atoms with Crippen molar-refractivity contribution in [2.45, 2.75) is 44.4 Å². The van der Waals surface area contributed by atoms with Gasteiger partial charge in [0, 0.05) is 37.1 Å². The first-order valence-electron chi connectivity index (χ1n) is 10.9. The number of carbonyl (C=O) groups is 2. The third-order valence-electron chi connectivity index (χ3n) is 6.34. The highest BCUT2D eigenvalue weighted by Gasteiger charge is 2.31. The first-order valence-corrected chi connectivity index (χ1v) is 10.9. The van der Waals surface area contributed by atoms with Gasteiger partial charge in [-0.2, -0.15) is 0 Å². The number of ether oxygens (including phenoxy) is 2. The molecule has 0 spiro atoms. The molecule has 0 radical (unpaired) electrons. The molecule has 2 amide bonds. The number of carbonyl (C=O) groups excluding carboxylic acids is 2. The molecule has 1 aliphatic heterocycles. The van der Waals surface area contributed by atoms with Gasteiger partial charge in [-0.15, -0.1) is 0 Å². The maximum atomic E-state index is 12.6. The number of rotatable bonds is 6. The predicted octanol–water partition coefficient (Wildman–Crippen LogP) is 3.84. The lowest BCUT2D eigenvalue weighted by atomic mass is 9.92. The number of methoxy groups -OCH3 is 2. The van der Waals surface area contributed by atoms with Crippen LogP contribution in [-0.4, -0.2) is 49.2 Å².